The van der Waals surface area contributed by atoms with E-state index in [2.05, 4.69) is 9.88 Å². The van der Waals surface area contributed by atoms with Crippen LogP contribution in [0.25, 0.3) is 0 Å². The van der Waals surface area contributed by atoms with E-state index >= 15 is 0 Å². The first-order valence-corrected chi connectivity index (χ1v) is 5.19. The maximum absolute atomic E-state index is 9.34. The van der Waals surface area contributed by atoms with E-state index in [1.54, 1.807) is 6.20 Å². The smallest absolute Gasteiger partial charge is 0.0788 e. The summed E-state index contributed by atoms with van der Waals surface area (Å²) in [5.74, 6) is 0. The van der Waals surface area contributed by atoms with E-state index in [0.717, 1.165) is 18.7 Å². The molecule has 0 saturated carbocycles. The van der Waals surface area contributed by atoms with Crippen molar-refractivity contribution in [2.75, 3.05) is 26.7 Å². The van der Waals surface area contributed by atoms with Crippen LogP contribution in [-0.2, 0) is 6.42 Å². The van der Waals surface area contributed by atoms with E-state index in [4.69, 9.17) is 5.73 Å². The zero-order valence-electron chi connectivity index (χ0n) is 9.13. The fourth-order valence-corrected chi connectivity index (χ4v) is 1.38. The van der Waals surface area contributed by atoms with Crippen LogP contribution in [0.3, 0.4) is 0 Å². The molecule has 0 spiro atoms. The van der Waals surface area contributed by atoms with Gasteiger partial charge in [0.1, 0.15) is 0 Å². The number of nitrogens with zero attached hydrogens (tertiary/aromatic N) is 2. The Morgan fingerprint density at radius 1 is 1.53 bits per heavy atom. The van der Waals surface area contributed by atoms with E-state index in [1.165, 1.54) is 0 Å². The second-order valence-electron chi connectivity index (χ2n) is 3.72. The summed E-state index contributed by atoms with van der Waals surface area (Å²) >= 11 is 0. The van der Waals surface area contributed by atoms with Crippen molar-refractivity contribution in [1.82, 2.24) is 9.88 Å². The van der Waals surface area contributed by atoms with Crippen molar-refractivity contribution >= 4 is 0 Å². The number of likely N-dealkylation sites (N-methyl/N-ethyl adjacent to an activating group) is 1. The highest BCUT2D eigenvalue weighted by Crippen LogP contribution is 1.97. The molecule has 4 heteroatoms. The van der Waals surface area contributed by atoms with Gasteiger partial charge in [-0.25, -0.2) is 0 Å². The third-order valence-corrected chi connectivity index (χ3v) is 2.27. The highest BCUT2D eigenvalue weighted by Gasteiger charge is 2.05. The van der Waals surface area contributed by atoms with Gasteiger partial charge in [0.15, 0.2) is 0 Å². The largest absolute Gasteiger partial charge is 0.390 e. The molecule has 0 aromatic carbocycles. The molecule has 1 heterocycles. The molecule has 1 aromatic heterocycles. The zero-order valence-corrected chi connectivity index (χ0v) is 9.13. The van der Waals surface area contributed by atoms with Gasteiger partial charge >= 0.3 is 0 Å². The number of aromatic nitrogens is 1. The lowest BCUT2D eigenvalue weighted by molar-refractivity contribution is 0.133. The first-order valence-electron chi connectivity index (χ1n) is 5.19. The molecule has 0 aliphatic rings. The van der Waals surface area contributed by atoms with Crippen molar-refractivity contribution in [3.8, 4) is 0 Å². The molecule has 0 radical (unpaired) electrons. The van der Waals surface area contributed by atoms with Crippen molar-refractivity contribution in [2.45, 2.75) is 12.5 Å². The summed E-state index contributed by atoms with van der Waals surface area (Å²) in [5.41, 5.74) is 6.41. The Balaban J connectivity index is 2.25. The molecule has 0 saturated heterocycles. The standard InChI is InChI=1S/C11H19N3O/c1-14(9-11(15)8-12)7-5-10-4-2-3-6-13-10/h2-4,6,11,15H,5,7-9,12H2,1H3. The predicted octanol–water partition coefficient (Wildman–Crippen LogP) is -0.124. The van der Waals surface area contributed by atoms with E-state index < -0.39 is 6.10 Å². The average Bonchev–Trinajstić information content (AvgIpc) is 2.27. The molecule has 0 aliphatic carbocycles. The molecule has 3 N–H and O–H groups in total. The fraction of sp³-hybridized carbons (Fsp3) is 0.545. The summed E-state index contributed by atoms with van der Waals surface area (Å²) in [7, 11) is 1.97. The molecule has 15 heavy (non-hydrogen) atoms. The van der Waals surface area contributed by atoms with Crippen LogP contribution < -0.4 is 5.73 Å². The predicted molar refractivity (Wildman–Crippen MR) is 60.5 cm³/mol. The monoisotopic (exact) mass is 209 g/mol. The van der Waals surface area contributed by atoms with Gasteiger partial charge < -0.3 is 15.7 Å². The third kappa shape index (κ3) is 4.88. The van der Waals surface area contributed by atoms with Gasteiger partial charge in [-0.1, -0.05) is 6.07 Å². The van der Waals surface area contributed by atoms with Gasteiger partial charge in [0, 0.05) is 37.9 Å². The first-order chi connectivity index (χ1) is 7.22. The molecule has 1 aromatic rings. The van der Waals surface area contributed by atoms with Gasteiger partial charge in [-0.15, -0.1) is 0 Å². The maximum Gasteiger partial charge on any atom is 0.0788 e. The molecule has 0 bridgehead atoms. The van der Waals surface area contributed by atoms with E-state index in [-0.39, 0.29) is 0 Å². The second-order valence-corrected chi connectivity index (χ2v) is 3.72. The van der Waals surface area contributed by atoms with Crippen molar-refractivity contribution in [2.24, 2.45) is 5.73 Å². The van der Waals surface area contributed by atoms with Crippen molar-refractivity contribution in [3.05, 3.63) is 30.1 Å². The van der Waals surface area contributed by atoms with E-state index in [0.29, 0.717) is 13.1 Å². The molecule has 4 nitrogen and oxygen atoms in total. The molecule has 0 fully saturated rings. The first kappa shape index (κ1) is 12.1. The Hall–Kier alpha value is -0.970. The van der Waals surface area contributed by atoms with Gasteiger partial charge in [-0.2, -0.15) is 0 Å². The highest BCUT2D eigenvalue weighted by molar-refractivity contribution is 5.03. The fourth-order valence-electron chi connectivity index (χ4n) is 1.38. The highest BCUT2D eigenvalue weighted by atomic mass is 16.3. The van der Waals surface area contributed by atoms with Gasteiger partial charge in [-0.05, 0) is 19.2 Å². The Morgan fingerprint density at radius 2 is 2.33 bits per heavy atom. The Morgan fingerprint density at radius 3 is 2.93 bits per heavy atom. The third-order valence-electron chi connectivity index (χ3n) is 2.27. The van der Waals surface area contributed by atoms with Crippen LogP contribution in [-0.4, -0.2) is 47.8 Å². The van der Waals surface area contributed by atoms with E-state index in [1.807, 2.05) is 25.2 Å². The summed E-state index contributed by atoms with van der Waals surface area (Å²) in [6, 6.07) is 5.90. The summed E-state index contributed by atoms with van der Waals surface area (Å²) < 4.78 is 0. The molecule has 0 aliphatic heterocycles. The number of aliphatic hydroxyl groups is 1. The summed E-state index contributed by atoms with van der Waals surface area (Å²) in [4.78, 5) is 6.30. The van der Waals surface area contributed by atoms with Crippen LogP contribution >= 0.6 is 0 Å². The molecular formula is C11H19N3O. The van der Waals surface area contributed by atoms with Crippen LogP contribution in [0.2, 0.25) is 0 Å². The van der Waals surface area contributed by atoms with Crippen LogP contribution in [0.1, 0.15) is 5.69 Å². The number of rotatable bonds is 6. The minimum absolute atomic E-state index is 0.313. The number of pyridine rings is 1. The average molecular weight is 209 g/mol. The van der Waals surface area contributed by atoms with Gasteiger partial charge in [0.05, 0.1) is 6.10 Å². The lowest BCUT2D eigenvalue weighted by Gasteiger charge is -2.19. The van der Waals surface area contributed by atoms with Crippen LogP contribution in [0.15, 0.2) is 24.4 Å². The van der Waals surface area contributed by atoms with Crippen LogP contribution in [0.5, 0.6) is 0 Å². The minimum Gasteiger partial charge on any atom is -0.390 e. The topological polar surface area (TPSA) is 62.4 Å². The summed E-state index contributed by atoms with van der Waals surface area (Å²) in [6.45, 7) is 1.81. The molecule has 1 rings (SSSR count). The quantitative estimate of drug-likeness (QED) is 0.685. The Bertz CT molecular complexity index is 266. The number of hydrogen-bond donors (Lipinski definition) is 2. The van der Waals surface area contributed by atoms with Crippen molar-refractivity contribution in [1.29, 1.82) is 0 Å². The molecular weight excluding hydrogens is 190 g/mol. The van der Waals surface area contributed by atoms with Gasteiger partial charge in [0.2, 0.25) is 0 Å². The normalized spacial score (nSPS) is 13.1. The number of aliphatic hydroxyl groups excluding tert-OH is 1. The van der Waals surface area contributed by atoms with Crippen LogP contribution in [0, 0.1) is 0 Å². The zero-order chi connectivity index (χ0) is 11.1. The number of nitrogens with two attached hydrogens (primary N) is 1. The van der Waals surface area contributed by atoms with Gasteiger partial charge in [0.25, 0.3) is 0 Å². The van der Waals surface area contributed by atoms with E-state index in [9.17, 15) is 5.11 Å². The number of hydrogen-bond acceptors (Lipinski definition) is 4. The summed E-state index contributed by atoms with van der Waals surface area (Å²) in [5, 5.41) is 9.34. The van der Waals surface area contributed by atoms with Crippen molar-refractivity contribution < 1.29 is 5.11 Å². The lowest BCUT2D eigenvalue weighted by atomic mass is 10.2. The SMILES string of the molecule is CN(CCc1ccccn1)CC(O)CN. The molecule has 0 amide bonds. The van der Waals surface area contributed by atoms with Gasteiger partial charge in [-0.3, -0.25) is 4.98 Å². The molecule has 1 atom stereocenters. The van der Waals surface area contributed by atoms with Crippen LogP contribution in [0.4, 0.5) is 0 Å². The maximum atomic E-state index is 9.34. The van der Waals surface area contributed by atoms with Crippen molar-refractivity contribution in [3.63, 3.8) is 0 Å². The Labute approximate surface area is 90.7 Å². The molecule has 84 valence electrons. The second kappa shape index (κ2) is 6.50. The molecule has 1 unspecified atom stereocenters. The summed E-state index contributed by atoms with van der Waals surface area (Å²) in [6.07, 6.45) is 2.26. The lowest BCUT2D eigenvalue weighted by Crippen LogP contribution is -2.35. The minimum atomic E-state index is -0.432. The Kier molecular flexibility index (Phi) is 5.25.